The molecule has 3 unspecified atom stereocenters. The molecular weight excluding hydrogens is 729 g/mol. The fourth-order valence-corrected chi connectivity index (χ4v) is 17.7. The van der Waals surface area contributed by atoms with Gasteiger partial charge in [-0.15, -0.1) is 0 Å². The standard InChI is InChI=1S/2C21H36O5S/c2*1-13(22)17-6-7-18-16-5-4-14-12-15(26-27(23,24)25)8-10-20(14,2)19(16)9-11-21(17,18)3/h2*13-19,22H,4-12H2,1-3H3,(H,23,24,25)/t13-,14-,15-,16?,17+,18?,19?,20-,21+;13-,14-,15-,16-,17+,18-,19-,20-,21+/m00/s1. The lowest BCUT2D eigenvalue weighted by atomic mass is 9.44. The Morgan fingerprint density at radius 2 is 0.815 bits per heavy atom. The van der Waals surface area contributed by atoms with Gasteiger partial charge >= 0.3 is 20.8 Å². The third kappa shape index (κ3) is 7.42. The predicted octanol–water partition coefficient (Wildman–Crippen LogP) is 8.43. The van der Waals surface area contributed by atoms with Crippen LogP contribution in [-0.2, 0) is 29.2 Å². The molecule has 0 aromatic rings. The highest BCUT2D eigenvalue weighted by molar-refractivity contribution is 7.81. The molecule has 8 rings (SSSR count). The molecule has 312 valence electrons. The van der Waals surface area contributed by atoms with Crippen molar-refractivity contribution in [3.8, 4) is 0 Å². The smallest absolute Gasteiger partial charge is 0.393 e. The molecule has 10 nitrogen and oxygen atoms in total. The summed E-state index contributed by atoms with van der Waals surface area (Å²) in [5.41, 5.74) is 1.08. The monoisotopic (exact) mass is 800 g/mol. The Balaban J connectivity index is 0.000000167. The predicted molar refractivity (Wildman–Crippen MR) is 207 cm³/mol. The molecular formula is C42H72O10S2. The Labute approximate surface area is 326 Å². The van der Waals surface area contributed by atoms with E-state index in [0.717, 1.165) is 75.0 Å². The Morgan fingerprint density at radius 1 is 0.481 bits per heavy atom. The lowest BCUT2D eigenvalue weighted by molar-refractivity contribution is -0.130. The second kappa shape index (κ2) is 14.7. The molecule has 54 heavy (non-hydrogen) atoms. The normalized spacial score (nSPS) is 51.1. The van der Waals surface area contributed by atoms with E-state index >= 15 is 0 Å². The summed E-state index contributed by atoms with van der Waals surface area (Å²) >= 11 is 0. The van der Waals surface area contributed by atoms with E-state index in [1.54, 1.807) is 0 Å². The molecule has 0 radical (unpaired) electrons. The number of fused-ring (bicyclic) bond motifs is 10. The van der Waals surface area contributed by atoms with Gasteiger partial charge in [-0.25, -0.2) is 8.37 Å². The third-order valence-corrected chi connectivity index (χ3v) is 20.1. The van der Waals surface area contributed by atoms with Crippen molar-refractivity contribution in [3.05, 3.63) is 0 Å². The first kappa shape index (κ1) is 41.8. The first-order valence-electron chi connectivity index (χ1n) is 21.8. The maximum atomic E-state index is 11.1. The maximum absolute atomic E-state index is 11.1. The summed E-state index contributed by atoms with van der Waals surface area (Å²) in [4.78, 5) is 0. The summed E-state index contributed by atoms with van der Waals surface area (Å²) in [5, 5.41) is 20.7. The van der Waals surface area contributed by atoms with E-state index in [-0.39, 0.29) is 46.1 Å². The van der Waals surface area contributed by atoms with Gasteiger partial charge in [-0.2, -0.15) is 16.8 Å². The zero-order valence-electron chi connectivity index (χ0n) is 33.9. The molecule has 18 atom stereocenters. The van der Waals surface area contributed by atoms with Crippen LogP contribution in [0.3, 0.4) is 0 Å². The quantitative estimate of drug-likeness (QED) is 0.192. The third-order valence-electron chi connectivity index (χ3n) is 19.1. The minimum absolute atomic E-state index is 0.212. The highest BCUT2D eigenvalue weighted by atomic mass is 32.3. The number of rotatable bonds is 6. The molecule has 0 saturated heterocycles. The number of hydrogen-bond acceptors (Lipinski definition) is 8. The van der Waals surface area contributed by atoms with Crippen LogP contribution in [0.15, 0.2) is 0 Å². The molecule has 8 saturated carbocycles. The zero-order chi connectivity index (χ0) is 39.2. The van der Waals surface area contributed by atoms with Crippen molar-refractivity contribution in [2.45, 2.75) is 182 Å². The van der Waals surface area contributed by atoms with Gasteiger partial charge in [-0.1, -0.05) is 27.7 Å². The molecule has 12 heteroatoms. The second-order valence-corrected chi connectivity index (χ2v) is 23.2. The van der Waals surface area contributed by atoms with E-state index in [9.17, 15) is 27.0 Å². The van der Waals surface area contributed by atoms with Gasteiger partial charge in [0.25, 0.3) is 0 Å². The van der Waals surface area contributed by atoms with Crippen LogP contribution < -0.4 is 0 Å². The van der Waals surface area contributed by atoms with Crippen LogP contribution in [0, 0.1) is 80.8 Å². The molecule has 0 aromatic carbocycles. The first-order chi connectivity index (χ1) is 25.1. The first-order valence-corrected chi connectivity index (χ1v) is 24.5. The van der Waals surface area contributed by atoms with Crippen LogP contribution in [0.2, 0.25) is 0 Å². The van der Waals surface area contributed by atoms with E-state index < -0.39 is 20.8 Å². The van der Waals surface area contributed by atoms with Crippen LogP contribution in [-0.4, -0.2) is 60.6 Å². The molecule has 4 N–H and O–H groups in total. The van der Waals surface area contributed by atoms with Gasteiger partial charge in [0.1, 0.15) is 0 Å². The van der Waals surface area contributed by atoms with Gasteiger partial charge in [-0.05, 0) is 210 Å². The van der Waals surface area contributed by atoms with E-state index in [4.69, 9.17) is 17.5 Å². The highest BCUT2D eigenvalue weighted by Gasteiger charge is 2.62. The van der Waals surface area contributed by atoms with Gasteiger partial charge in [0.2, 0.25) is 0 Å². The van der Waals surface area contributed by atoms with Crippen molar-refractivity contribution < 1.29 is 44.5 Å². The molecule has 0 heterocycles. The van der Waals surface area contributed by atoms with Crippen molar-refractivity contribution >= 4 is 20.8 Å². The molecule has 0 spiro atoms. The van der Waals surface area contributed by atoms with Crippen LogP contribution in [0.5, 0.6) is 0 Å². The van der Waals surface area contributed by atoms with Gasteiger partial charge in [0, 0.05) is 0 Å². The Hall–Kier alpha value is -0.340. The van der Waals surface area contributed by atoms with E-state index in [1.165, 1.54) is 51.4 Å². The Bertz CT molecular complexity index is 1470. The number of aliphatic hydroxyl groups excluding tert-OH is 2. The molecule has 0 bridgehead atoms. The van der Waals surface area contributed by atoms with E-state index in [2.05, 4.69) is 27.7 Å². The highest BCUT2D eigenvalue weighted by Crippen LogP contribution is 2.69. The van der Waals surface area contributed by atoms with Gasteiger partial charge in [-0.3, -0.25) is 9.11 Å². The van der Waals surface area contributed by atoms with Crippen molar-refractivity contribution in [1.29, 1.82) is 0 Å². The van der Waals surface area contributed by atoms with Gasteiger partial charge in [0.05, 0.1) is 24.4 Å². The minimum Gasteiger partial charge on any atom is -0.393 e. The van der Waals surface area contributed by atoms with Gasteiger partial charge in [0.15, 0.2) is 0 Å². The summed E-state index contributed by atoms with van der Waals surface area (Å²) in [6, 6.07) is 0. The topological polar surface area (TPSA) is 168 Å². The molecule has 0 amide bonds. The number of hydrogen-bond donors (Lipinski definition) is 4. The molecule has 8 aliphatic carbocycles. The maximum Gasteiger partial charge on any atom is 0.397 e. The van der Waals surface area contributed by atoms with Crippen molar-refractivity contribution in [2.24, 2.45) is 80.8 Å². The van der Waals surface area contributed by atoms with Crippen LogP contribution in [0.4, 0.5) is 0 Å². The Kier molecular flexibility index (Phi) is 11.4. The zero-order valence-corrected chi connectivity index (χ0v) is 35.5. The van der Waals surface area contributed by atoms with E-state index in [0.29, 0.717) is 48.3 Å². The lowest BCUT2D eigenvalue weighted by Crippen LogP contribution is -2.54. The van der Waals surface area contributed by atoms with Crippen molar-refractivity contribution in [3.63, 3.8) is 0 Å². The average Bonchev–Trinajstić information content (AvgIpc) is 3.61. The van der Waals surface area contributed by atoms with Gasteiger partial charge < -0.3 is 10.2 Å². The molecule has 0 aliphatic heterocycles. The average molecular weight is 801 g/mol. The van der Waals surface area contributed by atoms with Crippen LogP contribution in [0.1, 0.15) is 157 Å². The SMILES string of the molecule is C[C@H](O)[C@H]1CCC2C3CC[C@H]4C[C@@H](OS(=O)(=O)O)CC[C@]4(C)C3CC[C@@]21C.C[C@H](O)[C@H]1CC[C@H]2[C@@H]3CC[C@H]4C[C@@H](OS(=O)(=O)O)CC[C@]4(C)[C@H]3CC[C@]12C. The fraction of sp³-hybridized carbons (Fsp3) is 1.00. The largest absolute Gasteiger partial charge is 0.397 e. The second-order valence-electron chi connectivity index (χ2n) is 21.1. The van der Waals surface area contributed by atoms with Crippen molar-refractivity contribution in [1.82, 2.24) is 0 Å². The summed E-state index contributed by atoms with van der Waals surface area (Å²) in [5.74, 6) is 6.18. The summed E-state index contributed by atoms with van der Waals surface area (Å²) in [6.07, 6.45) is 18.2. The lowest BCUT2D eigenvalue weighted by Gasteiger charge is -2.61. The Morgan fingerprint density at radius 3 is 1.15 bits per heavy atom. The summed E-state index contributed by atoms with van der Waals surface area (Å²) < 4.78 is 72.5. The molecule has 8 fully saturated rings. The van der Waals surface area contributed by atoms with Crippen LogP contribution in [0.25, 0.3) is 0 Å². The summed E-state index contributed by atoms with van der Waals surface area (Å²) in [6.45, 7) is 13.7. The fourth-order valence-electron chi connectivity index (χ4n) is 16.6. The van der Waals surface area contributed by atoms with E-state index in [1.807, 2.05) is 13.8 Å². The summed E-state index contributed by atoms with van der Waals surface area (Å²) in [7, 11) is -8.73. The molecule has 0 aromatic heterocycles. The molecule has 8 aliphatic rings. The number of aliphatic hydroxyl groups is 2. The van der Waals surface area contributed by atoms with Crippen molar-refractivity contribution in [2.75, 3.05) is 0 Å². The minimum atomic E-state index is -4.36. The van der Waals surface area contributed by atoms with Crippen LogP contribution >= 0.6 is 0 Å².